The molecule has 30 heavy (non-hydrogen) atoms. The van der Waals surface area contributed by atoms with E-state index in [4.69, 9.17) is 0 Å². The van der Waals surface area contributed by atoms with Crippen LogP contribution in [0.2, 0.25) is 0 Å². The fourth-order valence-electron chi connectivity index (χ4n) is 3.47. The van der Waals surface area contributed by atoms with Crippen LogP contribution in [0.3, 0.4) is 0 Å². The van der Waals surface area contributed by atoms with Crippen molar-refractivity contribution in [2.45, 2.75) is 13.0 Å². The van der Waals surface area contributed by atoms with E-state index >= 15 is 0 Å². The Bertz CT molecular complexity index is 1060. The van der Waals surface area contributed by atoms with Crippen molar-refractivity contribution in [3.8, 4) is 11.3 Å². The molecule has 7 nitrogen and oxygen atoms in total. The smallest absolute Gasteiger partial charge is 0.266 e. The highest BCUT2D eigenvalue weighted by Crippen LogP contribution is 2.16. The minimum Gasteiger partial charge on any atom is -0.353 e. The van der Waals surface area contributed by atoms with Crippen LogP contribution < -0.4 is 10.5 Å². The Kier molecular flexibility index (Phi) is 5.83. The summed E-state index contributed by atoms with van der Waals surface area (Å²) in [7, 11) is 0. The zero-order valence-electron chi connectivity index (χ0n) is 16.4. The van der Waals surface area contributed by atoms with Crippen LogP contribution in [0.5, 0.6) is 0 Å². The molecule has 1 fully saturated rings. The molecule has 1 aliphatic heterocycles. The molecule has 154 valence electrons. The Morgan fingerprint density at radius 1 is 0.967 bits per heavy atom. The largest absolute Gasteiger partial charge is 0.353 e. The van der Waals surface area contributed by atoms with Crippen molar-refractivity contribution < 1.29 is 9.18 Å². The van der Waals surface area contributed by atoms with Gasteiger partial charge < -0.3 is 9.80 Å². The Morgan fingerprint density at radius 3 is 2.43 bits per heavy atom. The minimum absolute atomic E-state index is 0.00319. The number of piperazine rings is 1. The molecule has 3 heterocycles. The van der Waals surface area contributed by atoms with Crippen molar-refractivity contribution in [3.63, 3.8) is 0 Å². The van der Waals surface area contributed by atoms with Gasteiger partial charge in [-0.05, 0) is 42.5 Å². The number of hydrogen-bond donors (Lipinski definition) is 0. The van der Waals surface area contributed by atoms with E-state index in [2.05, 4.69) is 15.0 Å². The highest BCUT2D eigenvalue weighted by Gasteiger charge is 2.21. The van der Waals surface area contributed by atoms with Crippen molar-refractivity contribution in [1.29, 1.82) is 0 Å². The van der Waals surface area contributed by atoms with Crippen LogP contribution in [0.1, 0.15) is 6.42 Å². The number of carbonyl (C=O) groups excluding carboxylic acids is 1. The molecular weight excluding hydrogens is 385 g/mol. The molecule has 1 aromatic carbocycles. The van der Waals surface area contributed by atoms with Crippen LogP contribution in [-0.4, -0.2) is 51.8 Å². The van der Waals surface area contributed by atoms with Gasteiger partial charge in [-0.2, -0.15) is 5.10 Å². The molecule has 1 amide bonds. The topological polar surface area (TPSA) is 71.3 Å². The summed E-state index contributed by atoms with van der Waals surface area (Å²) >= 11 is 0. The molecule has 0 atom stereocenters. The first kappa shape index (κ1) is 19.8. The zero-order valence-corrected chi connectivity index (χ0v) is 16.4. The maximum atomic E-state index is 13.1. The van der Waals surface area contributed by atoms with Gasteiger partial charge in [-0.3, -0.25) is 9.59 Å². The van der Waals surface area contributed by atoms with Gasteiger partial charge in [-0.15, -0.1) is 0 Å². The number of nitrogens with zero attached hydrogens (tertiary/aromatic N) is 5. The summed E-state index contributed by atoms with van der Waals surface area (Å²) in [6, 6.07) is 14.7. The molecule has 0 unspecified atom stereocenters. The van der Waals surface area contributed by atoms with E-state index in [1.54, 1.807) is 24.4 Å². The average Bonchev–Trinajstić information content (AvgIpc) is 2.79. The summed E-state index contributed by atoms with van der Waals surface area (Å²) < 4.78 is 14.4. The monoisotopic (exact) mass is 407 g/mol. The van der Waals surface area contributed by atoms with E-state index in [0.29, 0.717) is 24.3 Å². The third-order valence-electron chi connectivity index (χ3n) is 5.15. The number of anilines is 1. The van der Waals surface area contributed by atoms with Crippen molar-refractivity contribution in [2.24, 2.45) is 0 Å². The normalized spacial score (nSPS) is 14.0. The third kappa shape index (κ3) is 4.53. The summed E-state index contributed by atoms with van der Waals surface area (Å²) in [5.41, 5.74) is 1.00. The van der Waals surface area contributed by atoms with Crippen molar-refractivity contribution in [2.75, 3.05) is 31.1 Å². The predicted octanol–water partition coefficient (Wildman–Crippen LogP) is 2.18. The summed E-state index contributed by atoms with van der Waals surface area (Å²) in [6.45, 7) is 2.88. The third-order valence-corrected chi connectivity index (χ3v) is 5.15. The summed E-state index contributed by atoms with van der Waals surface area (Å²) in [5.74, 6) is 0.579. The maximum Gasteiger partial charge on any atom is 0.266 e. The van der Waals surface area contributed by atoms with Gasteiger partial charge in [0, 0.05) is 50.4 Å². The number of aryl methyl sites for hydroxylation is 1. The Labute approximate surface area is 173 Å². The summed E-state index contributed by atoms with van der Waals surface area (Å²) in [4.78, 5) is 33.1. The fraction of sp³-hybridized carbons (Fsp3) is 0.273. The van der Waals surface area contributed by atoms with E-state index in [0.717, 1.165) is 18.9 Å². The second-order valence-electron chi connectivity index (χ2n) is 7.09. The van der Waals surface area contributed by atoms with Crippen molar-refractivity contribution >= 4 is 11.7 Å². The lowest BCUT2D eigenvalue weighted by Crippen LogP contribution is -2.49. The van der Waals surface area contributed by atoms with Crippen LogP contribution in [-0.2, 0) is 11.3 Å². The number of carbonyl (C=O) groups is 1. The van der Waals surface area contributed by atoms with Gasteiger partial charge in [0.2, 0.25) is 5.91 Å². The van der Waals surface area contributed by atoms with Gasteiger partial charge in [-0.1, -0.05) is 6.07 Å². The van der Waals surface area contributed by atoms with Crippen LogP contribution in [0, 0.1) is 5.82 Å². The standard InChI is InChI=1S/C22H22FN5O2/c23-18-6-4-17(5-7-18)19-8-9-22(30)28(25-19)12-10-21(29)27-15-13-26(14-16-27)20-3-1-2-11-24-20/h1-9,11H,10,12-16H2. The van der Waals surface area contributed by atoms with Crippen LogP contribution in [0.25, 0.3) is 11.3 Å². The molecule has 0 N–H and O–H groups in total. The van der Waals surface area contributed by atoms with E-state index in [1.807, 2.05) is 23.1 Å². The number of pyridine rings is 1. The van der Waals surface area contributed by atoms with Gasteiger partial charge in [0.1, 0.15) is 11.6 Å². The molecule has 8 heteroatoms. The van der Waals surface area contributed by atoms with E-state index in [-0.39, 0.29) is 30.2 Å². The molecule has 4 rings (SSSR count). The van der Waals surface area contributed by atoms with Crippen LogP contribution >= 0.6 is 0 Å². The summed E-state index contributed by atoms with van der Waals surface area (Å²) in [5, 5.41) is 4.34. The molecule has 0 radical (unpaired) electrons. The lowest BCUT2D eigenvalue weighted by Gasteiger charge is -2.35. The Morgan fingerprint density at radius 2 is 1.73 bits per heavy atom. The van der Waals surface area contributed by atoms with Gasteiger partial charge in [0.25, 0.3) is 5.56 Å². The van der Waals surface area contributed by atoms with E-state index in [1.165, 1.54) is 22.9 Å². The molecular formula is C22H22FN5O2. The van der Waals surface area contributed by atoms with E-state index < -0.39 is 0 Å². The SMILES string of the molecule is O=C(CCn1nc(-c2ccc(F)cc2)ccc1=O)N1CCN(c2ccccn2)CC1. The number of hydrogen-bond acceptors (Lipinski definition) is 5. The van der Waals surface area contributed by atoms with Crippen molar-refractivity contribution in [1.82, 2.24) is 19.7 Å². The van der Waals surface area contributed by atoms with Gasteiger partial charge in [-0.25, -0.2) is 14.1 Å². The molecule has 0 bridgehead atoms. The van der Waals surface area contributed by atoms with Crippen LogP contribution in [0.15, 0.2) is 65.6 Å². The zero-order chi connectivity index (χ0) is 20.9. The second kappa shape index (κ2) is 8.86. The van der Waals surface area contributed by atoms with Gasteiger partial charge in [0.15, 0.2) is 0 Å². The molecule has 1 saturated heterocycles. The lowest BCUT2D eigenvalue weighted by molar-refractivity contribution is -0.131. The minimum atomic E-state index is -0.333. The number of aromatic nitrogens is 3. The highest BCUT2D eigenvalue weighted by molar-refractivity contribution is 5.76. The quantitative estimate of drug-likeness (QED) is 0.648. The Balaban J connectivity index is 1.35. The first-order valence-electron chi connectivity index (χ1n) is 9.88. The predicted molar refractivity (Wildman–Crippen MR) is 112 cm³/mol. The maximum absolute atomic E-state index is 13.1. The molecule has 3 aromatic rings. The molecule has 2 aromatic heterocycles. The summed E-state index contributed by atoms with van der Waals surface area (Å²) in [6.07, 6.45) is 1.96. The number of rotatable bonds is 5. The first-order valence-corrected chi connectivity index (χ1v) is 9.88. The molecule has 1 aliphatic rings. The lowest BCUT2D eigenvalue weighted by atomic mass is 10.1. The van der Waals surface area contributed by atoms with Crippen molar-refractivity contribution in [3.05, 3.63) is 77.0 Å². The van der Waals surface area contributed by atoms with Gasteiger partial charge in [0.05, 0.1) is 12.2 Å². The van der Waals surface area contributed by atoms with E-state index in [9.17, 15) is 14.0 Å². The first-order chi connectivity index (χ1) is 14.6. The Hall–Kier alpha value is -3.55. The highest BCUT2D eigenvalue weighted by atomic mass is 19.1. The second-order valence-corrected chi connectivity index (χ2v) is 7.09. The van der Waals surface area contributed by atoms with Crippen LogP contribution in [0.4, 0.5) is 10.2 Å². The molecule has 0 saturated carbocycles. The number of benzene rings is 1. The molecule has 0 spiro atoms. The number of halogens is 1. The average molecular weight is 407 g/mol. The molecule has 0 aliphatic carbocycles. The van der Waals surface area contributed by atoms with Gasteiger partial charge >= 0.3 is 0 Å². The fourth-order valence-corrected chi connectivity index (χ4v) is 3.47. The number of amides is 1.